The summed E-state index contributed by atoms with van der Waals surface area (Å²) in [5.41, 5.74) is 1.17. The number of guanidine groups is 1. The number of hydrogen-bond acceptors (Lipinski definition) is 5. The van der Waals surface area contributed by atoms with Gasteiger partial charge in [-0.3, -0.25) is 4.99 Å². The Bertz CT molecular complexity index is 667. The molecule has 1 atom stereocenters. The van der Waals surface area contributed by atoms with Crippen LogP contribution in [0.4, 0.5) is 5.69 Å². The number of likely N-dealkylation sites (tertiary alicyclic amines) is 1. The van der Waals surface area contributed by atoms with Gasteiger partial charge in [-0.1, -0.05) is 12.1 Å². The maximum Gasteiger partial charge on any atom is 0.191 e. The van der Waals surface area contributed by atoms with Gasteiger partial charge in [0.1, 0.15) is 5.75 Å². The third-order valence-electron chi connectivity index (χ3n) is 5.99. The fourth-order valence-electron chi connectivity index (χ4n) is 4.35. The summed E-state index contributed by atoms with van der Waals surface area (Å²) in [6, 6.07) is 8.62. The highest BCUT2D eigenvalue weighted by atomic mass is 127. The van der Waals surface area contributed by atoms with Gasteiger partial charge in [0.2, 0.25) is 0 Å². The van der Waals surface area contributed by atoms with Crippen molar-refractivity contribution in [2.45, 2.75) is 51.2 Å². The second kappa shape index (κ2) is 14.0. The van der Waals surface area contributed by atoms with Crippen LogP contribution in [-0.4, -0.2) is 81.0 Å². The number of hydrogen-bond donors (Lipinski definition) is 3. The zero-order chi connectivity index (χ0) is 21.2. The van der Waals surface area contributed by atoms with E-state index in [9.17, 15) is 5.11 Å². The summed E-state index contributed by atoms with van der Waals surface area (Å²) in [5.74, 6) is 1.85. The smallest absolute Gasteiger partial charge is 0.191 e. The first-order valence-corrected chi connectivity index (χ1v) is 11.5. The van der Waals surface area contributed by atoms with Crippen LogP contribution < -0.4 is 20.3 Å². The van der Waals surface area contributed by atoms with Gasteiger partial charge in [0, 0.05) is 45.3 Å². The number of aliphatic imine (C=N–C) groups is 1. The third kappa shape index (κ3) is 8.31. The topological polar surface area (TPSA) is 72.4 Å². The number of aliphatic hydroxyl groups excluding tert-OH is 1. The number of rotatable bonds is 8. The number of anilines is 1. The van der Waals surface area contributed by atoms with Crippen molar-refractivity contribution in [3.05, 3.63) is 24.3 Å². The van der Waals surface area contributed by atoms with Gasteiger partial charge in [0.05, 0.1) is 18.9 Å². The van der Waals surface area contributed by atoms with E-state index in [0.717, 1.165) is 89.6 Å². The van der Waals surface area contributed by atoms with E-state index in [1.165, 1.54) is 5.69 Å². The number of methoxy groups -OCH3 is 1. The van der Waals surface area contributed by atoms with Gasteiger partial charge in [-0.25, -0.2) is 0 Å². The van der Waals surface area contributed by atoms with Crippen LogP contribution >= 0.6 is 24.0 Å². The molecule has 0 aliphatic carbocycles. The van der Waals surface area contributed by atoms with Crippen molar-refractivity contribution in [3.8, 4) is 5.75 Å². The van der Waals surface area contributed by atoms with Gasteiger partial charge in [-0.2, -0.15) is 0 Å². The van der Waals surface area contributed by atoms with Gasteiger partial charge in [-0.05, 0) is 57.7 Å². The Kier molecular flexibility index (Phi) is 11.7. The molecule has 0 aromatic heterocycles. The number of ether oxygens (including phenoxy) is 1. The van der Waals surface area contributed by atoms with E-state index in [0.29, 0.717) is 6.04 Å². The predicted octanol–water partition coefficient (Wildman–Crippen LogP) is 2.68. The number of nitrogens with one attached hydrogen (secondary N) is 2. The summed E-state index contributed by atoms with van der Waals surface area (Å²) in [6.45, 7) is 8.85. The van der Waals surface area contributed by atoms with Crippen LogP contribution in [0.3, 0.4) is 0 Å². The van der Waals surface area contributed by atoms with Crippen LogP contribution in [0.15, 0.2) is 29.3 Å². The standard InChI is InChI=1S/C23H39N5O2.HI/c1-3-24-23(25-13-7-14-27-16-11-20(29)12-17-27)26-19-8-6-15-28(18-19)21-9-4-5-10-22(21)30-2;/h4-5,9-10,19-20,29H,3,6-8,11-18H2,1-2H3,(H2,24,25,26);1H. The Labute approximate surface area is 204 Å². The fourth-order valence-corrected chi connectivity index (χ4v) is 4.35. The van der Waals surface area contributed by atoms with E-state index in [-0.39, 0.29) is 30.1 Å². The average molecular weight is 546 g/mol. The number of para-hydroxylation sites is 2. The molecule has 0 spiro atoms. The van der Waals surface area contributed by atoms with Crippen molar-refractivity contribution in [2.75, 3.05) is 57.8 Å². The molecule has 7 nitrogen and oxygen atoms in total. The SMILES string of the molecule is CCNC(=NCCCN1CCC(O)CC1)NC1CCCN(c2ccccc2OC)C1.I. The fraction of sp³-hybridized carbons (Fsp3) is 0.696. The van der Waals surface area contributed by atoms with Crippen molar-refractivity contribution in [3.63, 3.8) is 0 Å². The first-order valence-electron chi connectivity index (χ1n) is 11.5. The molecule has 176 valence electrons. The Morgan fingerprint density at radius 3 is 2.71 bits per heavy atom. The van der Waals surface area contributed by atoms with Crippen LogP contribution in [0.1, 0.15) is 39.0 Å². The minimum absolute atomic E-state index is 0. The molecule has 2 fully saturated rings. The van der Waals surface area contributed by atoms with Crippen LogP contribution in [0.2, 0.25) is 0 Å². The summed E-state index contributed by atoms with van der Waals surface area (Å²) in [7, 11) is 1.74. The molecular weight excluding hydrogens is 505 g/mol. The molecule has 8 heteroatoms. The Hall–Kier alpha value is -1.26. The van der Waals surface area contributed by atoms with E-state index in [1.54, 1.807) is 7.11 Å². The van der Waals surface area contributed by atoms with E-state index in [4.69, 9.17) is 9.73 Å². The molecule has 0 amide bonds. The molecule has 2 aliphatic rings. The molecule has 3 rings (SSSR count). The molecule has 0 radical (unpaired) electrons. The minimum atomic E-state index is -0.102. The monoisotopic (exact) mass is 545 g/mol. The zero-order valence-corrected chi connectivity index (χ0v) is 21.4. The largest absolute Gasteiger partial charge is 0.495 e. The number of benzene rings is 1. The number of nitrogens with zero attached hydrogens (tertiary/aromatic N) is 3. The van der Waals surface area contributed by atoms with Crippen molar-refractivity contribution < 1.29 is 9.84 Å². The minimum Gasteiger partial charge on any atom is -0.495 e. The molecule has 2 aliphatic heterocycles. The lowest BCUT2D eigenvalue weighted by Crippen LogP contribution is -2.51. The van der Waals surface area contributed by atoms with E-state index >= 15 is 0 Å². The van der Waals surface area contributed by atoms with Crippen molar-refractivity contribution in [2.24, 2.45) is 4.99 Å². The molecule has 1 unspecified atom stereocenters. The second-order valence-corrected chi connectivity index (χ2v) is 8.29. The summed E-state index contributed by atoms with van der Waals surface area (Å²) in [6.07, 6.45) is 5.04. The molecule has 0 saturated carbocycles. The zero-order valence-electron chi connectivity index (χ0n) is 19.1. The molecular formula is C23H40IN5O2. The number of aliphatic hydroxyl groups is 1. The van der Waals surface area contributed by atoms with Crippen LogP contribution in [0, 0.1) is 0 Å². The summed E-state index contributed by atoms with van der Waals surface area (Å²) >= 11 is 0. The molecule has 0 bridgehead atoms. The Balaban J connectivity index is 0.00000341. The van der Waals surface area contributed by atoms with Gasteiger partial charge < -0.3 is 30.3 Å². The Morgan fingerprint density at radius 2 is 1.97 bits per heavy atom. The summed E-state index contributed by atoms with van der Waals surface area (Å²) < 4.78 is 5.56. The highest BCUT2D eigenvalue weighted by Crippen LogP contribution is 2.29. The molecule has 3 N–H and O–H groups in total. The molecule has 31 heavy (non-hydrogen) atoms. The molecule has 2 heterocycles. The Morgan fingerprint density at radius 1 is 1.19 bits per heavy atom. The van der Waals surface area contributed by atoms with E-state index in [2.05, 4.69) is 39.5 Å². The highest BCUT2D eigenvalue weighted by Gasteiger charge is 2.23. The maximum absolute atomic E-state index is 9.63. The quantitative estimate of drug-likeness (QED) is 0.202. The lowest BCUT2D eigenvalue weighted by molar-refractivity contribution is 0.0824. The number of piperidine rings is 2. The van der Waals surface area contributed by atoms with Crippen LogP contribution in [0.5, 0.6) is 5.75 Å². The van der Waals surface area contributed by atoms with Crippen molar-refractivity contribution in [1.82, 2.24) is 15.5 Å². The van der Waals surface area contributed by atoms with Crippen LogP contribution in [-0.2, 0) is 0 Å². The van der Waals surface area contributed by atoms with Crippen molar-refractivity contribution >= 4 is 35.6 Å². The van der Waals surface area contributed by atoms with Crippen LogP contribution in [0.25, 0.3) is 0 Å². The van der Waals surface area contributed by atoms with Crippen molar-refractivity contribution in [1.29, 1.82) is 0 Å². The first-order chi connectivity index (χ1) is 14.7. The average Bonchev–Trinajstić information content (AvgIpc) is 2.78. The summed E-state index contributed by atoms with van der Waals surface area (Å²) in [4.78, 5) is 9.66. The molecule has 1 aromatic rings. The predicted molar refractivity (Wildman–Crippen MR) is 139 cm³/mol. The maximum atomic E-state index is 9.63. The second-order valence-electron chi connectivity index (χ2n) is 8.29. The van der Waals surface area contributed by atoms with Gasteiger partial charge >= 0.3 is 0 Å². The van der Waals surface area contributed by atoms with Gasteiger partial charge in [-0.15, -0.1) is 24.0 Å². The van der Waals surface area contributed by atoms with Gasteiger partial charge in [0.25, 0.3) is 0 Å². The highest BCUT2D eigenvalue weighted by molar-refractivity contribution is 14.0. The molecule has 1 aromatic carbocycles. The summed E-state index contributed by atoms with van der Waals surface area (Å²) in [5, 5.41) is 16.7. The lowest BCUT2D eigenvalue weighted by Gasteiger charge is -2.36. The van der Waals surface area contributed by atoms with E-state index in [1.807, 2.05) is 12.1 Å². The normalized spacial score (nSPS) is 20.8. The van der Waals surface area contributed by atoms with E-state index < -0.39 is 0 Å². The molecule has 2 saturated heterocycles. The van der Waals surface area contributed by atoms with Gasteiger partial charge in [0.15, 0.2) is 5.96 Å². The number of halogens is 1. The third-order valence-corrected chi connectivity index (χ3v) is 5.99. The lowest BCUT2D eigenvalue weighted by atomic mass is 10.0. The first kappa shape index (κ1) is 26.0.